The minimum absolute atomic E-state index is 0.0799. The molecule has 1 fully saturated rings. The Kier molecular flexibility index (Phi) is 6.58. The summed E-state index contributed by atoms with van der Waals surface area (Å²) >= 11 is 0. The molecule has 1 N–H and O–H groups in total. The van der Waals surface area contributed by atoms with Gasteiger partial charge in [0.1, 0.15) is 11.5 Å². The Bertz CT molecular complexity index is 1300. The molecule has 36 heavy (non-hydrogen) atoms. The number of aliphatic carboxylic acids is 1. The van der Waals surface area contributed by atoms with Crippen LogP contribution >= 0.6 is 0 Å². The molecule has 2 heterocycles. The number of amides is 2. The first-order chi connectivity index (χ1) is 17.5. The molecule has 8 heteroatoms. The SMILES string of the molecule is O=C(O)COc1cccc(CCOc2cccc3c2CN(c2ccc(N4CCCC4=O)cc2)C3=O)c1. The second kappa shape index (κ2) is 10.1. The number of fused-ring (bicyclic) bond motifs is 1. The number of ether oxygens (including phenoxy) is 2. The van der Waals surface area contributed by atoms with Gasteiger partial charge in [-0.3, -0.25) is 9.59 Å². The third kappa shape index (κ3) is 4.88. The standard InChI is InChI=1S/C28H26N2O6/c31-26-8-3-14-29(26)20-9-11-21(12-10-20)30-17-24-23(28(30)34)6-2-7-25(24)35-15-13-19-4-1-5-22(16-19)36-18-27(32)33/h1-2,4-7,9-12,16H,3,8,13-15,17-18H2,(H,32,33). The lowest BCUT2D eigenvalue weighted by Crippen LogP contribution is -2.25. The van der Waals surface area contributed by atoms with Crippen LogP contribution in [-0.2, 0) is 22.6 Å². The van der Waals surface area contributed by atoms with Gasteiger partial charge in [-0.2, -0.15) is 0 Å². The van der Waals surface area contributed by atoms with Crippen molar-refractivity contribution in [1.29, 1.82) is 0 Å². The number of hydrogen-bond acceptors (Lipinski definition) is 5. The first-order valence-electron chi connectivity index (χ1n) is 11.9. The summed E-state index contributed by atoms with van der Waals surface area (Å²) in [5.74, 6) is 0.193. The lowest BCUT2D eigenvalue weighted by atomic mass is 10.1. The highest BCUT2D eigenvalue weighted by Crippen LogP contribution is 2.35. The maximum Gasteiger partial charge on any atom is 0.341 e. The van der Waals surface area contributed by atoms with Gasteiger partial charge in [0.15, 0.2) is 6.61 Å². The molecule has 0 spiro atoms. The van der Waals surface area contributed by atoms with Crippen molar-refractivity contribution in [3.8, 4) is 11.5 Å². The van der Waals surface area contributed by atoms with Gasteiger partial charge in [-0.25, -0.2) is 4.79 Å². The molecule has 3 aromatic rings. The van der Waals surface area contributed by atoms with Gasteiger partial charge in [-0.05, 0) is 60.5 Å². The van der Waals surface area contributed by atoms with Crippen molar-refractivity contribution in [1.82, 2.24) is 0 Å². The molecule has 5 rings (SSSR count). The van der Waals surface area contributed by atoms with Crippen molar-refractivity contribution >= 4 is 29.2 Å². The van der Waals surface area contributed by atoms with Crippen LogP contribution in [0.4, 0.5) is 11.4 Å². The summed E-state index contributed by atoms with van der Waals surface area (Å²) in [6, 6.07) is 20.3. The van der Waals surface area contributed by atoms with Crippen LogP contribution in [0.2, 0.25) is 0 Å². The highest BCUT2D eigenvalue weighted by atomic mass is 16.5. The number of carboxylic acids is 1. The molecule has 8 nitrogen and oxygen atoms in total. The first-order valence-corrected chi connectivity index (χ1v) is 11.9. The number of nitrogens with zero attached hydrogens (tertiary/aromatic N) is 2. The largest absolute Gasteiger partial charge is 0.493 e. The van der Waals surface area contributed by atoms with E-state index in [9.17, 15) is 14.4 Å². The molecule has 0 aromatic heterocycles. The summed E-state index contributed by atoms with van der Waals surface area (Å²) in [6.45, 7) is 1.14. The summed E-state index contributed by atoms with van der Waals surface area (Å²) < 4.78 is 11.3. The number of carboxylic acid groups (broad SMARTS) is 1. The number of anilines is 2. The van der Waals surface area contributed by atoms with Crippen molar-refractivity contribution in [2.24, 2.45) is 0 Å². The fraction of sp³-hybridized carbons (Fsp3) is 0.250. The van der Waals surface area contributed by atoms with Crippen molar-refractivity contribution in [2.75, 3.05) is 29.6 Å². The lowest BCUT2D eigenvalue weighted by Gasteiger charge is -2.19. The Hall–Kier alpha value is -4.33. The molecule has 184 valence electrons. The zero-order valence-electron chi connectivity index (χ0n) is 19.7. The van der Waals surface area contributed by atoms with Crippen LogP contribution < -0.4 is 19.3 Å². The summed E-state index contributed by atoms with van der Waals surface area (Å²) in [4.78, 5) is 39.4. The summed E-state index contributed by atoms with van der Waals surface area (Å²) in [5, 5.41) is 8.78. The molecule has 0 unspecified atom stereocenters. The van der Waals surface area contributed by atoms with Crippen LogP contribution in [0.3, 0.4) is 0 Å². The van der Waals surface area contributed by atoms with Crippen molar-refractivity contribution < 1.29 is 29.0 Å². The second-order valence-corrected chi connectivity index (χ2v) is 8.77. The molecule has 2 aliphatic heterocycles. The van der Waals surface area contributed by atoms with E-state index in [1.807, 2.05) is 54.6 Å². The Morgan fingerprint density at radius 2 is 1.67 bits per heavy atom. The molecule has 0 atom stereocenters. The van der Waals surface area contributed by atoms with E-state index < -0.39 is 5.97 Å². The molecule has 0 bridgehead atoms. The van der Waals surface area contributed by atoms with Crippen LogP contribution in [-0.4, -0.2) is 42.6 Å². The predicted molar refractivity (Wildman–Crippen MR) is 134 cm³/mol. The summed E-state index contributed by atoms with van der Waals surface area (Å²) in [5.41, 5.74) is 4.05. The average molecular weight is 487 g/mol. The molecule has 2 amide bonds. The zero-order valence-corrected chi connectivity index (χ0v) is 19.7. The molecule has 2 aliphatic rings. The van der Waals surface area contributed by atoms with Crippen LogP contribution in [0.15, 0.2) is 66.7 Å². The topological polar surface area (TPSA) is 96.4 Å². The minimum Gasteiger partial charge on any atom is -0.493 e. The molecular formula is C28H26N2O6. The third-order valence-corrected chi connectivity index (χ3v) is 6.38. The quantitative estimate of drug-likeness (QED) is 0.490. The predicted octanol–water partition coefficient (Wildman–Crippen LogP) is 4.06. The van der Waals surface area contributed by atoms with E-state index in [0.717, 1.165) is 35.5 Å². The number of hydrogen-bond donors (Lipinski definition) is 1. The highest BCUT2D eigenvalue weighted by Gasteiger charge is 2.31. The van der Waals surface area contributed by atoms with Crippen molar-refractivity contribution in [2.45, 2.75) is 25.8 Å². The van der Waals surface area contributed by atoms with Crippen molar-refractivity contribution in [3.05, 3.63) is 83.4 Å². The van der Waals surface area contributed by atoms with E-state index in [1.165, 1.54) is 0 Å². The molecular weight excluding hydrogens is 460 g/mol. The van der Waals surface area contributed by atoms with Gasteiger partial charge in [0.2, 0.25) is 5.91 Å². The number of carbonyl (C=O) groups is 3. The van der Waals surface area contributed by atoms with E-state index >= 15 is 0 Å². The Morgan fingerprint density at radius 1 is 0.917 bits per heavy atom. The molecule has 0 aliphatic carbocycles. The maximum absolute atomic E-state index is 13.1. The van der Waals surface area contributed by atoms with Gasteiger partial charge >= 0.3 is 5.97 Å². The van der Waals surface area contributed by atoms with E-state index in [1.54, 1.807) is 21.9 Å². The molecule has 1 saturated heterocycles. The van der Waals surface area contributed by atoms with E-state index in [-0.39, 0.29) is 18.4 Å². The highest BCUT2D eigenvalue weighted by molar-refractivity contribution is 6.10. The van der Waals surface area contributed by atoms with Gasteiger partial charge < -0.3 is 24.4 Å². The average Bonchev–Trinajstić information content (AvgIpc) is 3.47. The Labute approximate surface area is 208 Å². The normalized spacial score (nSPS) is 14.8. The molecule has 0 saturated carbocycles. The monoisotopic (exact) mass is 486 g/mol. The summed E-state index contributed by atoms with van der Waals surface area (Å²) in [7, 11) is 0. The van der Waals surface area contributed by atoms with Gasteiger partial charge in [0.25, 0.3) is 5.91 Å². The van der Waals surface area contributed by atoms with Gasteiger partial charge in [0.05, 0.1) is 13.2 Å². The van der Waals surface area contributed by atoms with Crippen molar-refractivity contribution in [3.63, 3.8) is 0 Å². The van der Waals surface area contributed by atoms with Gasteiger partial charge in [-0.15, -0.1) is 0 Å². The lowest BCUT2D eigenvalue weighted by molar-refractivity contribution is -0.139. The molecule has 3 aromatic carbocycles. The summed E-state index contributed by atoms with van der Waals surface area (Å²) in [6.07, 6.45) is 2.05. The fourth-order valence-electron chi connectivity index (χ4n) is 4.60. The first kappa shape index (κ1) is 23.4. The molecule has 0 radical (unpaired) electrons. The smallest absolute Gasteiger partial charge is 0.341 e. The van der Waals surface area contributed by atoms with E-state index in [0.29, 0.717) is 43.1 Å². The maximum atomic E-state index is 13.1. The minimum atomic E-state index is -1.03. The number of benzene rings is 3. The van der Waals surface area contributed by atoms with Crippen LogP contribution in [0.5, 0.6) is 11.5 Å². The van der Waals surface area contributed by atoms with Gasteiger partial charge in [-0.1, -0.05) is 18.2 Å². The van der Waals surface area contributed by atoms with E-state index in [2.05, 4.69) is 0 Å². The number of rotatable bonds is 9. The second-order valence-electron chi connectivity index (χ2n) is 8.77. The third-order valence-electron chi connectivity index (χ3n) is 6.38. The zero-order chi connectivity index (χ0) is 25.1. The number of carbonyl (C=O) groups excluding carboxylic acids is 2. The van der Waals surface area contributed by atoms with Crippen LogP contribution in [0, 0.1) is 0 Å². The fourth-order valence-corrected chi connectivity index (χ4v) is 4.60. The Balaban J connectivity index is 1.24. The Morgan fingerprint density at radius 3 is 2.39 bits per heavy atom. The van der Waals surface area contributed by atoms with E-state index in [4.69, 9.17) is 14.6 Å². The van der Waals surface area contributed by atoms with Crippen LogP contribution in [0.1, 0.15) is 34.3 Å². The van der Waals surface area contributed by atoms with Gasteiger partial charge in [0, 0.05) is 41.9 Å². The van der Waals surface area contributed by atoms with Crippen LogP contribution in [0.25, 0.3) is 0 Å².